The number of benzene rings is 1. The Morgan fingerprint density at radius 2 is 2.06 bits per heavy atom. The molecule has 0 aliphatic rings. The fourth-order valence-electron chi connectivity index (χ4n) is 1.46. The van der Waals surface area contributed by atoms with Gasteiger partial charge in [0.05, 0.1) is 0 Å². The molecule has 2 rings (SSSR count). The van der Waals surface area contributed by atoms with Crippen LogP contribution in [0.25, 0.3) is 11.4 Å². The van der Waals surface area contributed by atoms with E-state index in [1.807, 2.05) is 30.5 Å². The van der Waals surface area contributed by atoms with Crippen LogP contribution in [0, 0.1) is 0 Å². The summed E-state index contributed by atoms with van der Waals surface area (Å²) in [6.07, 6.45) is 1.88. The fraction of sp³-hybridized carbons (Fsp3) is 0.250. The maximum absolute atomic E-state index is 4.36. The zero-order valence-corrected chi connectivity index (χ0v) is 10.7. The van der Waals surface area contributed by atoms with Crippen LogP contribution in [-0.4, -0.2) is 16.5 Å². The Kier molecular flexibility index (Phi) is 3.74. The average molecular weight is 280 g/mol. The van der Waals surface area contributed by atoms with Crippen LogP contribution in [0.2, 0.25) is 0 Å². The van der Waals surface area contributed by atoms with E-state index >= 15 is 0 Å². The fourth-order valence-corrected chi connectivity index (χ4v) is 1.73. The first-order valence-electron chi connectivity index (χ1n) is 5.30. The molecule has 2 aromatic rings. The first-order valence-corrected chi connectivity index (χ1v) is 6.09. The number of rotatable bonds is 4. The van der Waals surface area contributed by atoms with Gasteiger partial charge in [-0.3, -0.25) is 0 Å². The summed E-state index contributed by atoms with van der Waals surface area (Å²) in [5.41, 5.74) is 2.21. The quantitative estimate of drug-likeness (QED) is 0.904. The maximum Gasteiger partial charge on any atom is 0.137 e. The van der Waals surface area contributed by atoms with Crippen LogP contribution in [0.15, 0.2) is 34.9 Å². The van der Waals surface area contributed by atoms with Crippen molar-refractivity contribution in [1.82, 2.24) is 15.3 Å². The summed E-state index contributed by atoms with van der Waals surface area (Å²) < 4.78 is 1.08. The molecule has 0 atom stereocenters. The van der Waals surface area contributed by atoms with Crippen LogP contribution in [0.4, 0.5) is 0 Å². The van der Waals surface area contributed by atoms with Gasteiger partial charge in [0, 0.05) is 28.5 Å². The Morgan fingerprint density at radius 3 is 2.75 bits per heavy atom. The van der Waals surface area contributed by atoms with Crippen molar-refractivity contribution < 1.29 is 0 Å². The molecule has 16 heavy (non-hydrogen) atoms. The molecule has 0 amide bonds. The molecule has 1 aromatic heterocycles. The van der Waals surface area contributed by atoms with Crippen molar-refractivity contribution in [3.8, 4) is 11.4 Å². The van der Waals surface area contributed by atoms with E-state index in [4.69, 9.17) is 0 Å². The molecule has 0 aliphatic carbocycles. The molecule has 1 heterocycles. The Hall–Kier alpha value is -1.13. The Bertz CT molecular complexity index is 448. The summed E-state index contributed by atoms with van der Waals surface area (Å²) in [7, 11) is 0. The lowest BCUT2D eigenvalue weighted by atomic mass is 10.2. The topological polar surface area (TPSA) is 40.7 Å². The zero-order valence-electron chi connectivity index (χ0n) is 9.13. The second-order valence-electron chi connectivity index (χ2n) is 3.54. The Morgan fingerprint density at radius 1 is 1.31 bits per heavy atom. The molecule has 0 spiro atoms. The maximum atomic E-state index is 4.36. The van der Waals surface area contributed by atoms with Gasteiger partial charge >= 0.3 is 0 Å². The van der Waals surface area contributed by atoms with Crippen molar-refractivity contribution in [1.29, 1.82) is 0 Å². The zero-order chi connectivity index (χ0) is 11.4. The van der Waals surface area contributed by atoms with Gasteiger partial charge in [0.1, 0.15) is 5.82 Å². The van der Waals surface area contributed by atoms with E-state index in [0.717, 1.165) is 34.6 Å². The highest BCUT2D eigenvalue weighted by atomic mass is 79.9. The van der Waals surface area contributed by atoms with Crippen molar-refractivity contribution in [3.05, 3.63) is 40.6 Å². The van der Waals surface area contributed by atoms with Crippen LogP contribution >= 0.6 is 15.9 Å². The minimum Gasteiger partial charge on any atom is -0.341 e. The summed E-state index contributed by atoms with van der Waals surface area (Å²) in [5, 5.41) is 3.26. The number of imidazole rings is 1. The highest BCUT2D eigenvalue weighted by molar-refractivity contribution is 9.10. The van der Waals surface area contributed by atoms with E-state index in [-0.39, 0.29) is 0 Å². The van der Waals surface area contributed by atoms with E-state index in [9.17, 15) is 0 Å². The molecule has 0 saturated heterocycles. The van der Waals surface area contributed by atoms with Crippen molar-refractivity contribution in [2.45, 2.75) is 13.5 Å². The number of H-pyrrole nitrogens is 1. The molecule has 0 bridgehead atoms. The van der Waals surface area contributed by atoms with Gasteiger partial charge in [-0.1, -0.05) is 35.0 Å². The molecule has 0 unspecified atom stereocenters. The number of aromatic amines is 1. The first kappa shape index (κ1) is 11.4. The van der Waals surface area contributed by atoms with Gasteiger partial charge in [0.25, 0.3) is 0 Å². The predicted molar refractivity (Wildman–Crippen MR) is 69.1 cm³/mol. The lowest BCUT2D eigenvalue weighted by molar-refractivity contribution is 0.714. The number of nitrogens with one attached hydrogen (secondary N) is 2. The standard InChI is InChI=1S/C12H14BrN3/c1-2-14-7-11-8-15-12(16-11)9-3-5-10(13)6-4-9/h3-6,8,14H,2,7H2,1H3,(H,15,16). The van der Waals surface area contributed by atoms with Crippen LogP contribution < -0.4 is 5.32 Å². The summed E-state index contributed by atoms with van der Waals surface area (Å²) in [6.45, 7) is 3.89. The summed E-state index contributed by atoms with van der Waals surface area (Å²) in [6, 6.07) is 8.11. The van der Waals surface area contributed by atoms with E-state index in [0.29, 0.717) is 0 Å². The second kappa shape index (κ2) is 5.27. The summed E-state index contributed by atoms with van der Waals surface area (Å²) >= 11 is 3.42. The average Bonchev–Trinajstić information content (AvgIpc) is 2.76. The number of nitrogens with zero attached hydrogens (tertiary/aromatic N) is 1. The van der Waals surface area contributed by atoms with Crippen molar-refractivity contribution in [3.63, 3.8) is 0 Å². The van der Waals surface area contributed by atoms with Gasteiger partial charge in [-0.05, 0) is 18.7 Å². The van der Waals surface area contributed by atoms with Crippen molar-refractivity contribution in [2.75, 3.05) is 6.54 Å². The van der Waals surface area contributed by atoms with E-state index in [1.165, 1.54) is 0 Å². The monoisotopic (exact) mass is 279 g/mol. The van der Waals surface area contributed by atoms with Crippen LogP contribution in [-0.2, 0) is 6.54 Å². The summed E-state index contributed by atoms with van der Waals surface area (Å²) in [5.74, 6) is 0.917. The lowest BCUT2D eigenvalue weighted by Crippen LogP contribution is -2.11. The predicted octanol–water partition coefficient (Wildman–Crippen LogP) is 2.95. The van der Waals surface area contributed by atoms with Crippen LogP contribution in [0.3, 0.4) is 0 Å². The van der Waals surface area contributed by atoms with Gasteiger partial charge in [0.2, 0.25) is 0 Å². The molecular weight excluding hydrogens is 266 g/mol. The normalized spacial score (nSPS) is 10.6. The van der Waals surface area contributed by atoms with Crippen LogP contribution in [0.5, 0.6) is 0 Å². The number of hydrogen-bond acceptors (Lipinski definition) is 2. The van der Waals surface area contributed by atoms with E-state index in [1.54, 1.807) is 0 Å². The number of halogens is 1. The molecular formula is C12H14BrN3. The SMILES string of the molecule is CCNCc1cnc(-c2ccc(Br)cc2)[nH]1. The molecule has 84 valence electrons. The van der Waals surface area contributed by atoms with E-state index < -0.39 is 0 Å². The molecule has 3 nitrogen and oxygen atoms in total. The third kappa shape index (κ3) is 2.71. The van der Waals surface area contributed by atoms with E-state index in [2.05, 4.69) is 38.1 Å². The van der Waals surface area contributed by atoms with Gasteiger partial charge in [-0.25, -0.2) is 4.98 Å². The number of aromatic nitrogens is 2. The third-order valence-corrected chi connectivity index (χ3v) is 2.84. The van der Waals surface area contributed by atoms with Gasteiger partial charge in [-0.15, -0.1) is 0 Å². The van der Waals surface area contributed by atoms with Crippen LogP contribution in [0.1, 0.15) is 12.6 Å². The van der Waals surface area contributed by atoms with Gasteiger partial charge < -0.3 is 10.3 Å². The minimum atomic E-state index is 0.833. The molecule has 0 aliphatic heterocycles. The largest absolute Gasteiger partial charge is 0.341 e. The second-order valence-corrected chi connectivity index (χ2v) is 4.46. The van der Waals surface area contributed by atoms with Gasteiger partial charge in [0.15, 0.2) is 0 Å². The Labute approximate surface area is 103 Å². The third-order valence-electron chi connectivity index (χ3n) is 2.31. The molecule has 1 aromatic carbocycles. The molecule has 0 fully saturated rings. The first-order chi connectivity index (χ1) is 7.79. The minimum absolute atomic E-state index is 0.833. The highest BCUT2D eigenvalue weighted by Crippen LogP contribution is 2.18. The van der Waals surface area contributed by atoms with Gasteiger partial charge in [-0.2, -0.15) is 0 Å². The number of hydrogen-bond donors (Lipinski definition) is 2. The molecule has 0 radical (unpaired) electrons. The molecule has 2 N–H and O–H groups in total. The highest BCUT2D eigenvalue weighted by Gasteiger charge is 2.02. The summed E-state index contributed by atoms with van der Waals surface area (Å²) in [4.78, 5) is 7.65. The molecule has 4 heteroatoms. The smallest absolute Gasteiger partial charge is 0.137 e. The van der Waals surface area contributed by atoms with Crippen molar-refractivity contribution in [2.24, 2.45) is 0 Å². The lowest BCUT2D eigenvalue weighted by Gasteiger charge is -1.98. The van der Waals surface area contributed by atoms with Crippen molar-refractivity contribution >= 4 is 15.9 Å². The molecule has 0 saturated carbocycles. The Balaban J connectivity index is 2.15.